The number of aromatic nitrogens is 1. The highest BCUT2D eigenvalue weighted by molar-refractivity contribution is 5.56. The van der Waals surface area contributed by atoms with Gasteiger partial charge in [-0.15, -0.1) is 0 Å². The third kappa shape index (κ3) is 2.43. The van der Waals surface area contributed by atoms with Crippen LogP contribution >= 0.6 is 0 Å². The number of nitrogens with zero attached hydrogens (tertiary/aromatic N) is 5. The van der Waals surface area contributed by atoms with Crippen molar-refractivity contribution in [1.82, 2.24) is 4.98 Å². The molecule has 0 spiro atoms. The van der Waals surface area contributed by atoms with Crippen molar-refractivity contribution >= 4 is 5.69 Å². The van der Waals surface area contributed by atoms with E-state index >= 15 is 0 Å². The van der Waals surface area contributed by atoms with Gasteiger partial charge < -0.3 is 4.90 Å². The summed E-state index contributed by atoms with van der Waals surface area (Å²) in [6.45, 7) is 0.127. The smallest absolute Gasteiger partial charge is 0.163 e. The van der Waals surface area contributed by atoms with Gasteiger partial charge >= 0.3 is 0 Å². The Hall–Kier alpha value is -2.58. The maximum Gasteiger partial charge on any atom is 0.163 e. The standard InChI is InChI=1S/C10H7N5/c11-3-6-15(7-4-12)10-2-1-5-14-9(10)8-13/h1-2,5H,6-7H2. The van der Waals surface area contributed by atoms with E-state index in [1.54, 1.807) is 12.1 Å². The third-order valence-corrected chi connectivity index (χ3v) is 1.76. The monoisotopic (exact) mass is 197 g/mol. The molecule has 0 saturated heterocycles. The zero-order chi connectivity index (χ0) is 11.1. The lowest BCUT2D eigenvalue weighted by Gasteiger charge is -2.18. The lowest BCUT2D eigenvalue weighted by atomic mass is 10.2. The Morgan fingerprint density at radius 3 is 2.40 bits per heavy atom. The lowest BCUT2D eigenvalue weighted by Crippen LogP contribution is -2.24. The Bertz CT molecular complexity index is 444. The van der Waals surface area contributed by atoms with Crippen LogP contribution in [-0.2, 0) is 0 Å². The van der Waals surface area contributed by atoms with Gasteiger partial charge in [-0.25, -0.2) is 4.98 Å². The molecule has 0 aromatic carbocycles. The molecule has 72 valence electrons. The van der Waals surface area contributed by atoms with Gasteiger partial charge in [-0.1, -0.05) is 0 Å². The molecule has 0 radical (unpaired) electrons. The van der Waals surface area contributed by atoms with E-state index in [9.17, 15) is 0 Å². The molecule has 0 unspecified atom stereocenters. The quantitative estimate of drug-likeness (QED) is 0.669. The van der Waals surface area contributed by atoms with Crippen molar-refractivity contribution in [2.45, 2.75) is 0 Å². The molecular weight excluding hydrogens is 190 g/mol. The minimum absolute atomic E-state index is 0.0634. The molecule has 0 N–H and O–H groups in total. The van der Waals surface area contributed by atoms with Gasteiger partial charge in [0.15, 0.2) is 5.69 Å². The number of hydrogen-bond donors (Lipinski definition) is 0. The summed E-state index contributed by atoms with van der Waals surface area (Å²) in [7, 11) is 0. The molecule has 0 aliphatic heterocycles. The van der Waals surface area contributed by atoms with Crippen LogP contribution in [0.1, 0.15) is 5.69 Å². The van der Waals surface area contributed by atoms with Gasteiger partial charge in [0.05, 0.1) is 17.8 Å². The van der Waals surface area contributed by atoms with Crippen LogP contribution in [-0.4, -0.2) is 18.1 Å². The molecule has 0 bridgehead atoms. The summed E-state index contributed by atoms with van der Waals surface area (Å²) < 4.78 is 0. The van der Waals surface area contributed by atoms with Gasteiger partial charge in [-0.3, -0.25) is 0 Å². The average molecular weight is 197 g/mol. The predicted molar refractivity (Wildman–Crippen MR) is 52.4 cm³/mol. The van der Waals surface area contributed by atoms with Crippen LogP contribution in [0.15, 0.2) is 18.3 Å². The zero-order valence-electron chi connectivity index (χ0n) is 7.88. The maximum atomic E-state index is 8.80. The number of rotatable bonds is 3. The summed E-state index contributed by atoms with van der Waals surface area (Å²) in [5.41, 5.74) is 0.742. The molecule has 1 rings (SSSR count). The molecule has 0 amide bonds. The van der Waals surface area contributed by atoms with Gasteiger partial charge in [0.1, 0.15) is 19.2 Å². The molecule has 1 aromatic rings. The molecule has 0 atom stereocenters. The topological polar surface area (TPSA) is 87.5 Å². The predicted octanol–water partition coefficient (Wildman–Crippen LogP) is 0.807. The molecule has 1 aromatic heterocycles. The van der Waals surface area contributed by atoms with Gasteiger partial charge in [-0.05, 0) is 12.1 Å². The Morgan fingerprint density at radius 1 is 1.20 bits per heavy atom. The van der Waals surface area contributed by atoms with Gasteiger partial charge in [-0.2, -0.15) is 15.8 Å². The van der Waals surface area contributed by atoms with E-state index in [1.807, 2.05) is 18.2 Å². The highest BCUT2D eigenvalue weighted by Gasteiger charge is 2.10. The summed E-state index contributed by atoms with van der Waals surface area (Å²) in [5, 5.41) is 26.0. The minimum atomic E-state index is 0.0634. The molecule has 5 nitrogen and oxygen atoms in total. The normalized spacial score (nSPS) is 8.33. The Kier molecular flexibility index (Phi) is 3.65. The molecule has 5 heteroatoms. The van der Waals surface area contributed by atoms with E-state index in [1.165, 1.54) is 11.1 Å². The third-order valence-electron chi connectivity index (χ3n) is 1.76. The van der Waals surface area contributed by atoms with E-state index in [0.717, 1.165) is 0 Å². The van der Waals surface area contributed by atoms with Crippen molar-refractivity contribution in [1.29, 1.82) is 15.8 Å². The van der Waals surface area contributed by atoms with Gasteiger partial charge in [0.2, 0.25) is 0 Å². The van der Waals surface area contributed by atoms with E-state index < -0.39 is 0 Å². The number of nitriles is 3. The van der Waals surface area contributed by atoms with Crippen molar-refractivity contribution in [3.05, 3.63) is 24.0 Å². The van der Waals surface area contributed by atoms with E-state index in [2.05, 4.69) is 4.98 Å². The lowest BCUT2D eigenvalue weighted by molar-refractivity contribution is 0.954. The average Bonchev–Trinajstić information content (AvgIpc) is 2.29. The fourth-order valence-corrected chi connectivity index (χ4v) is 1.14. The highest BCUT2D eigenvalue weighted by Crippen LogP contribution is 2.16. The molecular formula is C10H7N5. The second-order valence-corrected chi connectivity index (χ2v) is 2.66. The molecule has 0 aliphatic rings. The summed E-state index contributed by atoms with van der Waals surface area (Å²) in [6.07, 6.45) is 1.50. The first-order chi connectivity index (χ1) is 7.33. The number of hydrogen-bond acceptors (Lipinski definition) is 5. The fraction of sp³-hybridized carbons (Fsp3) is 0.200. The van der Waals surface area contributed by atoms with E-state index in [0.29, 0.717) is 5.69 Å². The van der Waals surface area contributed by atoms with Crippen molar-refractivity contribution < 1.29 is 0 Å². The Labute approximate surface area is 87.4 Å². The Balaban J connectivity index is 3.07. The maximum absolute atomic E-state index is 8.80. The summed E-state index contributed by atoms with van der Waals surface area (Å²) in [4.78, 5) is 5.37. The van der Waals surface area contributed by atoms with Crippen LogP contribution in [0.25, 0.3) is 0 Å². The zero-order valence-corrected chi connectivity index (χ0v) is 7.88. The van der Waals surface area contributed by atoms with E-state index in [-0.39, 0.29) is 18.8 Å². The van der Waals surface area contributed by atoms with Crippen molar-refractivity contribution in [3.63, 3.8) is 0 Å². The largest absolute Gasteiger partial charge is 0.343 e. The second kappa shape index (κ2) is 5.21. The summed E-state index contributed by atoms with van der Waals surface area (Å²) in [6, 6.07) is 9.13. The van der Waals surface area contributed by atoms with Crippen molar-refractivity contribution in [3.8, 4) is 18.2 Å². The molecule has 0 fully saturated rings. The summed E-state index contributed by atoms with van der Waals surface area (Å²) >= 11 is 0. The first-order valence-electron chi connectivity index (χ1n) is 4.17. The number of anilines is 1. The first kappa shape index (κ1) is 10.5. The first-order valence-corrected chi connectivity index (χ1v) is 4.17. The van der Waals surface area contributed by atoms with Crippen LogP contribution in [0, 0.1) is 34.0 Å². The summed E-state index contributed by atoms with van der Waals surface area (Å²) in [5.74, 6) is 0. The van der Waals surface area contributed by atoms with Crippen molar-refractivity contribution in [2.24, 2.45) is 0 Å². The van der Waals surface area contributed by atoms with Crippen LogP contribution in [0.4, 0.5) is 5.69 Å². The second-order valence-electron chi connectivity index (χ2n) is 2.66. The van der Waals surface area contributed by atoms with Crippen LogP contribution in [0.2, 0.25) is 0 Å². The van der Waals surface area contributed by atoms with Gasteiger partial charge in [0, 0.05) is 6.20 Å². The van der Waals surface area contributed by atoms with Gasteiger partial charge in [0.25, 0.3) is 0 Å². The Morgan fingerprint density at radius 2 is 1.87 bits per heavy atom. The van der Waals surface area contributed by atoms with Crippen LogP contribution in [0.3, 0.4) is 0 Å². The fourth-order valence-electron chi connectivity index (χ4n) is 1.14. The minimum Gasteiger partial charge on any atom is -0.343 e. The molecule has 0 saturated carbocycles. The van der Waals surface area contributed by atoms with Crippen molar-refractivity contribution in [2.75, 3.05) is 18.0 Å². The molecule has 1 heterocycles. The van der Waals surface area contributed by atoms with Crippen LogP contribution in [0.5, 0.6) is 0 Å². The van der Waals surface area contributed by atoms with E-state index in [4.69, 9.17) is 15.8 Å². The van der Waals surface area contributed by atoms with Crippen LogP contribution < -0.4 is 4.90 Å². The molecule has 15 heavy (non-hydrogen) atoms. The SMILES string of the molecule is N#CCN(CC#N)c1cccnc1C#N. The molecule has 0 aliphatic carbocycles. The highest BCUT2D eigenvalue weighted by atomic mass is 15.1. The number of pyridine rings is 1.